The Kier molecular flexibility index (Phi) is 2.45. The lowest BCUT2D eigenvalue weighted by Crippen LogP contribution is -2.46. The zero-order chi connectivity index (χ0) is 12.1. The Morgan fingerprint density at radius 3 is 2.69 bits per heavy atom. The number of ether oxygens (including phenoxy) is 1. The van der Waals surface area contributed by atoms with Crippen LogP contribution in [0.1, 0.15) is 27.2 Å². The lowest BCUT2D eigenvalue weighted by Gasteiger charge is -2.28. The van der Waals surface area contributed by atoms with E-state index >= 15 is 0 Å². The number of amides is 2. The lowest BCUT2D eigenvalue weighted by atomic mass is 10.2. The van der Waals surface area contributed by atoms with Gasteiger partial charge in [-0.3, -0.25) is 4.79 Å². The molecule has 5 nitrogen and oxygen atoms in total. The zero-order valence-corrected chi connectivity index (χ0v) is 9.77. The molecule has 90 valence electrons. The van der Waals surface area contributed by atoms with Gasteiger partial charge in [0.25, 0.3) is 0 Å². The van der Waals surface area contributed by atoms with Crippen molar-refractivity contribution in [2.75, 3.05) is 6.61 Å². The van der Waals surface area contributed by atoms with Crippen LogP contribution in [-0.4, -0.2) is 40.3 Å². The molecule has 2 fully saturated rings. The second-order valence-electron chi connectivity index (χ2n) is 5.44. The van der Waals surface area contributed by atoms with Gasteiger partial charge in [-0.2, -0.15) is 0 Å². The molecular formula is C11H17NO4. The molecule has 1 N–H and O–H groups in total. The maximum Gasteiger partial charge on any atom is 0.417 e. The van der Waals surface area contributed by atoms with Crippen molar-refractivity contribution in [3.05, 3.63) is 0 Å². The highest BCUT2D eigenvalue weighted by molar-refractivity contribution is 5.98. The summed E-state index contributed by atoms with van der Waals surface area (Å²) < 4.78 is 5.15. The van der Waals surface area contributed by atoms with Gasteiger partial charge in [0.05, 0.1) is 12.6 Å². The van der Waals surface area contributed by atoms with Gasteiger partial charge in [0.2, 0.25) is 5.91 Å². The molecule has 0 radical (unpaired) electrons. The van der Waals surface area contributed by atoms with Crippen molar-refractivity contribution < 1.29 is 19.4 Å². The molecule has 2 amide bonds. The monoisotopic (exact) mass is 227 g/mol. The van der Waals surface area contributed by atoms with Crippen LogP contribution in [0, 0.1) is 11.8 Å². The van der Waals surface area contributed by atoms with Crippen molar-refractivity contribution in [2.24, 2.45) is 11.8 Å². The Morgan fingerprint density at radius 1 is 1.56 bits per heavy atom. The molecule has 0 bridgehead atoms. The maximum absolute atomic E-state index is 11.8. The standard InChI is InChI=1S/C11H17NO4/c1-11(2,3)16-10(15)12-8(5-13)6-4-7(6)9(12)14/h6-8,13H,4-5H2,1-3H3/t6-,7+,8+/m1/s1. The van der Waals surface area contributed by atoms with E-state index in [2.05, 4.69) is 0 Å². The minimum Gasteiger partial charge on any atom is -0.443 e. The Hall–Kier alpha value is -1.10. The van der Waals surface area contributed by atoms with Crippen molar-refractivity contribution in [3.63, 3.8) is 0 Å². The van der Waals surface area contributed by atoms with Crippen molar-refractivity contribution >= 4 is 12.0 Å². The summed E-state index contributed by atoms with van der Waals surface area (Å²) in [4.78, 5) is 24.6. The van der Waals surface area contributed by atoms with Crippen LogP contribution < -0.4 is 0 Å². The molecule has 1 aliphatic carbocycles. The van der Waals surface area contributed by atoms with E-state index in [1.807, 2.05) is 0 Å². The van der Waals surface area contributed by atoms with Gasteiger partial charge in [0.15, 0.2) is 0 Å². The summed E-state index contributed by atoms with van der Waals surface area (Å²) in [5.74, 6) is -0.118. The van der Waals surface area contributed by atoms with Crippen molar-refractivity contribution in [2.45, 2.75) is 38.8 Å². The average Bonchev–Trinajstić information content (AvgIpc) is 2.84. The van der Waals surface area contributed by atoms with E-state index in [1.54, 1.807) is 20.8 Å². The average molecular weight is 227 g/mol. The van der Waals surface area contributed by atoms with Gasteiger partial charge in [-0.1, -0.05) is 0 Å². The van der Waals surface area contributed by atoms with Gasteiger partial charge >= 0.3 is 6.09 Å². The summed E-state index contributed by atoms with van der Waals surface area (Å²) in [5.41, 5.74) is -0.621. The van der Waals surface area contributed by atoms with Gasteiger partial charge in [0.1, 0.15) is 5.60 Å². The van der Waals surface area contributed by atoms with Gasteiger partial charge in [-0.15, -0.1) is 0 Å². The first-order valence-electron chi connectivity index (χ1n) is 5.52. The zero-order valence-electron chi connectivity index (χ0n) is 9.77. The molecule has 0 aromatic rings. The smallest absolute Gasteiger partial charge is 0.417 e. The number of hydrogen-bond donors (Lipinski definition) is 1. The fourth-order valence-corrected chi connectivity index (χ4v) is 2.21. The Morgan fingerprint density at radius 2 is 2.19 bits per heavy atom. The minimum atomic E-state index is -0.635. The first kappa shape index (κ1) is 11.4. The molecule has 1 heterocycles. The summed E-state index contributed by atoms with van der Waals surface area (Å²) in [7, 11) is 0. The predicted octanol–water partition coefficient (Wildman–Crippen LogP) is 0.761. The molecule has 0 aromatic carbocycles. The van der Waals surface area contributed by atoms with E-state index in [1.165, 1.54) is 0 Å². The molecule has 0 spiro atoms. The normalized spacial score (nSPS) is 32.6. The molecular weight excluding hydrogens is 210 g/mol. The number of imide groups is 1. The highest BCUT2D eigenvalue weighted by Crippen LogP contribution is 2.50. The molecule has 2 rings (SSSR count). The quantitative estimate of drug-likeness (QED) is 0.718. The first-order chi connectivity index (χ1) is 7.35. The van der Waals surface area contributed by atoms with Crippen LogP contribution in [0.5, 0.6) is 0 Å². The van der Waals surface area contributed by atoms with E-state index in [9.17, 15) is 14.7 Å². The number of piperidine rings is 1. The number of aliphatic hydroxyl groups excluding tert-OH is 1. The highest BCUT2D eigenvalue weighted by atomic mass is 16.6. The number of rotatable bonds is 1. The molecule has 1 saturated carbocycles. The fraction of sp³-hybridized carbons (Fsp3) is 0.818. The van der Waals surface area contributed by atoms with Gasteiger partial charge < -0.3 is 9.84 Å². The van der Waals surface area contributed by atoms with E-state index in [4.69, 9.17) is 4.74 Å². The third-order valence-corrected chi connectivity index (χ3v) is 3.00. The molecule has 16 heavy (non-hydrogen) atoms. The van der Waals surface area contributed by atoms with Gasteiger partial charge in [-0.05, 0) is 33.1 Å². The van der Waals surface area contributed by atoms with Crippen LogP contribution >= 0.6 is 0 Å². The summed E-state index contributed by atoms with van der Waals surface area (Å²) in [5, 5.41) is 9.20. The van der Waals surface area contributed by atoms with Crippen LogP contribution in [0.25, 0.3) is 0 Å². The fourth-order valence-electron chi connectivity index (χ4n) is 2.21. The van der Waals surface area contributed by atoms with Crippen LogP contribution in [0.15, 0.2) is 0 Å². The molecule has 0 unspecified atom stereocenters. The van der Waals surface area contributed by atoms with Crippen LogP contribution in [0.2, 0.25) is 0 Å². The Bertz CT molecular complexity index is 333. The van der Waals surface area contributed by atoms with Gasteiger partial charge in [-0.25, -0.2) is 9.69 Å². The maximum atomic E-state index is 11.8. The van der Waals surface area contributed by atoms with Crippen LogP contribution in [0.3, 0.4) is 0 Å². The Balaban J connectivity index is 2.08. The number of carbonyl (C=O) groups excluding carboxylic acids is 2. The molecule has 2 aliphatic rings. The third kappa shape index (κ3) is 1.80. The second kappa shape index (κ2) is 3.45. The van der Waals surface area contributed by atoms with Crippen LogP contribution in [-0.2, 0) is 9.53 Å². The minimum absolute atomic E-state index is 0.0651. The number of carbonyl (C=O) groups is 2. The van der Waals surface area contributed by atoms with Gasteiger partial charge in [0, 0.05) is 5.92 Å². The van der Waals surface area contributed by atoms with Crippen molar-refractivity contribution in [3.8, 4) is 0 Å². The summed E-state index contributed by atoms with van der Waals surface area (Å²) >= 11 is 0. The molecule has 3 atom stereocenters. The van der Waals surface area contributed by atoms with Crippen molar-refractivity contribution in [1.29, 1.82) is 0 Å². The number of hydrogen-bond acceptors (Lipinski definition) is 4. The number of nitrogens with zero attached hydrogens (tertiary/aromatic N) is 1. The number of fused-ring (bicyclic) bond motifs is 1. The SMILES string of the molecule is CC(C)(C)OC(=O)N1C(=O)[C@H]2C[C@H]2[C@@H]1CO. The molecule has 5 heteroatoms. The highest BCUT2D eigenvalue weighted by Gasteiger charge is 2.60. The molecule has 0 aromatic heterocycles. The van der Waals surface area contributed by atoms with Crippen LogP contribution in [0.4, 0.5) is 4.79 Å². The van der Waals surface area contributed by atoms with Crippen molar-refractivity contribution in [1.82, 2.24) is 4.90 Å². The molecule has 1 aliphatic heterocycles. The topological polar surface area (TPSA) is 66.8 Å². The lowest BCUT2D eigenvalue weighted by molar-refractivity contribution is -0.131. The largest absolute Gasteiger partial charge is 0.443 e. The number of aliphatic hydroxyl groups is 1. The summed E-state index contributed by atoms with van der Waals surface area (Å²) in [6.45, 7) is 5.08. The van der Waals surface area contributed by atoms with E-state index < -0.39 is 11.7 Å². The van der Waals surface area contributed by atoms with E-state index in [0.29, 0.717) is 0 Å². The first-order valence-corrected chi connectivity index (χ1v) is 5.52. The van der Waals surface area contributed by atoms with E-state index in [-0.39, 0.29) is 30.4 Å². The second-order valence-corrected chi connectivity index (χ2v) is 5.44. The third-order valence-electron chi connectivity index (χ3n) is 3.00. The number of likely N-dealkylation sites (tertiary alicyclic amines) is 1. The van der Waals surface area contributed by atoms with E-state index in [0.717, 1.165) is 11.3 Å². The summed E-state index contributed by atoms with van der Waals surface area (Å²) in [6.07, 6.45) is 0.160. The molecule has 1 saturated heterocycles. The predicted molar refractivity (Wildman–Crippen MR) is 55.6 cm³/mol. The summed E-state index contributed by atoms with van der Waals surface area (Å²) in [6, 6.07) is -0.382. The Labute approximate surface area is 94.4 Å².